The van der Waals surface area contributed by atoms with Crippen molar-refractivity contribution in [2.75, 3.05) is 18.6 Å². The lowest BCUT2D eigenvalue weighted by atomic mass is 10.2. The van der Waals surface area contributed by atoms with Gasteiger partial charge in [0.25, 0.3) is 0 Å². The summed E-state index contributed by atoms with van der Waals surface area (Å²) in [7, 11) is -6.99. The Morgan fingerprint density at radius 3 is 2.37 bits per heavy atom. The highest BCUT2D eigenvalue weighted by Crippen LogP contribution is 2.20. The molecule has 108 valence electrons. The van der Waals surface area contributed by atoms with Crippen molar-refractivity contribution in [3.63, 3.8) is 0 Å². The maximum Gasteiger partial charge on any atom is 0.240 e. The van der Waals surface area contributed by atoms with Crippen LogP contribution in [-0.4, -0.2) is 35.4 Å². The van der Waals surface area contributed by atoms with Gasteiger partial charge in [0.1, 0.15) is 9.84 Å². The summed E-state index contributed by atoms with van der Waals surface area (Å²) in [6.07, 6.45) is 1.04. The third-order valence-corrected chi connectivity index (χ3v) is 5.08. The molecule has 3 N–H and O–H groups in total. The topological polar surface area (TPSA) is 106 Å². The molecule has 1 aromatic rings. The molecule has 0 radical (unpaired) electrons. The molecule has 9 heteroatoms. The molecule has 1 aromatic carbocycles. The molecule has 19 heavy (non-hydrogen) atoms. The van der Waals surface area contributed by atoms with Crippen LogP contribution >= 0.6 is 11.6 Å². The van der Waals surface area contributed by atoms with Crippen LogP contribution in [0.15, 0.2) is 23.1 Å². The summed E-state index contributed by atoms with van der Waals surface area (Å²) in [5, 5.41) is 0.258. The second kappa shape index (κ2) is 6.19. The van der Waals surface area contributed by atoms with E-state index in [1.165, 1.54) is 18.2 Å². The lowest BCUT2D eigenvalue weighted by Crippen LogP contribution is -2.29. The maximum atomic E-state index is 11.9. The fraction of sp³-hybridized carbons (Fsp3) is 0.400. The van der Waals surface area contributed by atoms with Gasteiger partial charge in [-0.05, 0) is 17.7 Å². The van der Waals surface area contributed by atoms with Crippen LogP contribution in [-0.2, 0) is 26.4 Å². The van der Waals surface area contributed by atoms with Gasteiger partial charge in [0, 0.05) is 24.4 Å². The Labute approximate surface area is 117 Å². The van der Waals surface area contributed by atoms with Gasteiger partial charge in [-0.3, -0.25) is 0 Å². The first-order valence-corrected chi connectivity index (χ1v) is 9.24. The van der Waals surface area contributed by atoms with E-state index in [1.54, 1.807) is 0 Å². The largest absolute Gasteiger partial charge is 0.326 e. The molecule has 0 amide bonds. The molecule has 0 unspecified atom stereocenters. The van der Waals surface area contributed by atoms with Crippen molar-refractivity contribution in [3.05, 3.63) is 28.8 Å². The minimum atomic E-state index is -3.77. The van der Waals surface area contributed by atoms with Crippen LogP contribution in [0.2, 0.25) is 5.02 Å². The van der Waals surface area contributed by atoms with Crippen LogP contribution < -0.4 is 10.5 Å². The van der Waals surface area contributed by atoms with Gasteiger partial charge < -0.3 is 5.73 Å². The van der Waals surface area contributed by atoms with Crippen LogP contribution in [0, 0.1) is 0 Å². The van der Waals surface area contributed by atoms with Gasteiger partial charge in [-0.2, -0.15) is 0 Å². The van der Waals surface area contributed by atoms with Gasteiger partial charge in [-0.15, -0.1) is 0 Å². The monoisotopic (exact) mass is 326 g/mol. The number of halogens is 1. The average molecular weight is 327 g/mol. The summed E-state index contributed by atoms with van der Waals surface area (Å²) in [5.74, 6) is -0.263. The van der Waals surface area contributed by atoms with Crippen LogP contribution in [0.4, 0.5) is 0 Å². The number of sulfone groups is 1. The predicted octanol–water partition coefficient (Wildman–Crippen LogP) is 0.122. The fourth-order valence-electron chi connectivity index (χ4n) is 1.31. The van der Waals surface area contributed by atoms with E-state index in [0.29, 0.717) is 5.56 Å². The average Bonchev–Trinajstić information content (AvgIpc) is 2.26. The van der Waals surface area contributed by atoms with Gasteiger partial charge in [0.2, 0.25) is 10.0 Å². The first-order valence-electron chi connectivity index (χ1n) is 5.31. The van der Waals surface area contributed by atoms with Crippen molar-refractivity contribution in [1.82, 2.24) is 4.72 Å². The first kappa shape index (κ1) is 16.4. The molecule has 0 atom stereocenters. The Kier molecular flexibility index (Phi) is 5.34. The zero-order chi connectivity index (χ0) is 14.7. The standard InChI is InChI=1S/C10H15ClN2O4S2/c1-18(14,15)5-4-13-19(16,17)9-3-2-8(7-12)10(11)6-9/h2-3,6,13H,4-5,7,12H2,1H3. The molecule has 0 bridgehead atoms. The summed E-state index contributed by atoms with van der Waals surface area (Å²) in [5.41, 5.74) is 6.06. The maximum absolute atomic E-state index is 11.9. The van der Waals surface area contributed by atoms with Crippen molar-refractivity contribution >= 4 is 31.5 Å². The molecule has 0 aliphatic carbocycles. The number of rotatable bonds is 6. The lowest BCUT2D eigenvalue weighted by Gasteiger charge is -2.08. The van der Waals surface area contributed by atoms with Crippen LogP contribution in [0.3, 0.4) is 0 Å². The summed E-state index contributed by atoms with van der Waals surface area (Å²) < 4.78 is 47.8. The summed E-state index contributed by atoms with van der Waals surface area (Å²) in [6.45, 7) is 0.0259. The van der Waals surface area contributed by atoms with Crippen molar-refractivity contribution in [3.8, 4) is 0 Å². The van der Waals surface area contributed by atoms with Crippen LogP contribution in [0.1, 0.15) is 5.56 Å². The molecular formula is C10H15ClN2O4S2. The van der Waals surface area contributed by atoms with E-state index in [1.807, 2.05) is 0 Å². The highest BCUT2D eigenvalue weighted by molar-refractivity contribution is 7.91. The van der Waals surface area contributed by atoms with E-state index in [4.69, 9.17) is 17.3 Å². The molecule has 6 nitrogen and oxygen atoms in total. The number of hydrogen-bond acceptors (Lipinski definition) is 5. The smallest absolute Gasteiger partial charge is 0.240 e. The highest BCUT2D eigenvalue weighted by Gasteiger charge is 2.16. The molecule has 0 aromatic heterocycles. The Balaban J connectivity index is 2.86. The zero-order valence-corrected chi connectivity index (χ0v) is 12.6. The second-order valence-corrected chi connectivity index (χ2v) is 8.42. The van der Waals surface area contributed by atoms with Crippen molar-refractivity contribution in [2.45, 2.75) is 11.4 Å². The SMILES string of the molecule is CS(=O)(=O)CCNS(=O)(=O)c1ccc(CN)c(Cl)c1. The number of nitrogens with two attached hydrogens (primary N) is 1. The van der Waals surface area contributed by atoms with Crippen LogP contribution in [0.25, 0.3) is 0 Å². The normalized spacial score (nSPS) is 12.6. The number of benzene rings is 1. The van der Waals surface area contributed by atoms with E-state index in [0.717, 1.165) is 6.26 Å². The third kappa shape index (κ3) is 5.07. The molecule has 1 rings (SSSR count). The van der Waals surface area contributed by atoms with Crippen molar-refractivity contribution in [2.24, 2.45) is 5.73 Å². The fourth-order valence-corrected chi connectivity index (χ4v) is 3.29. The molecular weight excluding hydrogens is 312 g/mol. The van der Waals surface area contributed by atoms with Gasteiger partial charge in [-0.25, -0.2) is 21.6 Å². The molecule has 0 aliphatic heterocycles. The van der Waals surface area contributed by atoms with Crippen LogP contribution in [0.5, 0.6) is 0 Å². The third-order valence-electron chi connectivity index (χ3n) is 2.32. The van der Waals surface area contributed by atoms with Gasteiger partial charge >= 0.3 is 0 Å². The lowest BCUT2D eigenvalue weighted by molar-refractivity contribution is 0.582. The summed E-state index contributed by atoms with van der Waals surface area (Å²) in [6, 6.07) is 4.18. The Hall–Kier alpha value is -0.670. The van der Waals surface area contributed by atoms with Crippen molar-refractivity contribution < 1.29 is 16.8 Å². The summed E-state index contributed by atoms with van der Waals surface area (Å²) >= 11 is 5.87. The minimum absolute atomic E-state index is 0.0248. The molecule has 0 aliphatic rings. The molecule has 0 saturated carbocycles. The summed E-state index contributed by atoms with van der Waals surface area (Å²) in [4.78, 5) is -0.0248. The van der Waals surface area contributed by atoms with E-state index in [-0.39, 0.29) is 28.8 Å². The highest BCUT2D eigenvalue weighted by atomic mass is 35.5. The van der Waals surface area contributed by atoms with Crippen molar-refractivity contribution in [1.29, 1.82) is 0 Å². The Bertz CT molecular complexity index is 656. The van der Waals surface area contributed by atoms with Gasteiger partial charge in [0.05, 0.1) is 10.6 Å². The van der Waals surface area contributed by atoms with E-state index < -0.39 is 19.9 Å². The predicted molar refractivity (Wildman–Crippen MR) is 74.2 cm³/mol. The molecule has 0 fully saturated rings. The van der Waals surface area contributed by atoms with E-state index >= 15 is 0 Å². The molecule has 0 saturated heterocycles. The Morgan fingerprint density at radius 1 is 1.26 bits per heavy atom. The molecule has 0 heterocycles. The number of sulfonamides is 1. The first-order chi connectivity index (χ1) is 8.65. The van der Waals surface area contributed by atoms with Gasteiger partial charge in [0.15, 0.2) is 0 Å². The Morgan fingerprint density at radius 2 is 1.89 bits per heavy atom. The second-order valence-electron chi connectivity index (χ2n) is 3.98. The van der Waals surface area contributed by atoms with Gasteiger partial charge in [-0.1, -0.05) is 17.7 Å². The zero-order valence-electron chi connectivity index (χ0n) is 10.3. The number of nitrogens with one attached hydrogen (secondary N) is 1. The quantitative estimate of drug-likeness (QED) is 0.772. The van der Waals surface area contributed by atoms with E-state index in [2.05, 4.69) is 4.72 Å². The number of hydrogen-bond donors (Lipinski definition) is 2. The molecule has 0 spiro atoms. The minimum Gasteiger partial charge on any atom is -0.326 e. The van der Waals surface area contributed by atoms with E-state index in [9.17, 15) is 16.8 Å².